The maximum Gasteiger partial charge on any atom is 0.408 e. The zero-order chi connectivity index (χ0) is 14.3. The van der Waals surface area contributed by atoms with Crippen molar-refractivity contribution in [2.75, 3.05) is 14.1 Å². The number of hydrogen-bond donors (Lipinski definition) is 1. The zero-order valence-electron chi connectivity index (χ0n) is 11.6. The summed E-state index contributed by atoms with van der Waals surface area (Å²) >= 11 is 0. The maximum absolute atomic E-state index is 11.4. The number of carbonyl (C=O) groups is 3. The summed E-state index contributed by atoms with van der Waals surface area (Å²) in [6, 6.07) is -0.705. The molecule has 0 aliphatic heterocycles. The van der Waals surface area contributed by atoms with Gasteiger partial charge in [0.25, 0.3) is 0 Å². The van der Waals surface area contributed by atoms with Gasteiger partial charge in [0.2, 0.25) is 5.91 Å². The van der Waals surface area contributed by atoms with Gasteiger partial charge < -0.3 is 19.7 Å². The van der Waals surface area contributed by atoms with Crippen LogP contribution in [0.1, 0.15) is 33.6 Å². The normalized spacial score (nSPS) is 12.5. The van der Waals surface area contributed by atoms with E-state index < -0.39 is 17.7 Å². The van der Waals surface area contributed by atoms with Crippen molar-refractivity contribution in [2.45, 2.75) is 45.3 Å². The first-order chi connectivity index (χ1) is 8.15. The van der Waals surface area contributed by atoms with Gasteiger partial charge in [-0.3, -0.25) is 4.79 Å². The van der Waals surface area contributed by atoms with Crippen molar-refractivity contribution in [1.82, 2.24) is 10.2 Å². The van der Waals surface area contributed by atoms with E-state index in [1.165, 1.54) is 4.90 Å². The predicted molar refractivity (Wildman–Crippen MR) is 67.1 cm³/mol. The highest BCUT2D eigenvalue weighted by molar-refractivity contribution is 5.77. The Bertz CT molecular complexity index is 308. The van der Waals surface area contributed by atoms with Crippen LogP contribution in [-0.4, -0.2) is 48.9 Å². The highest BCUT2D eigenvalue weighted by atomic mass is 16.6. The van der Waals surface area contributed by atoms with Crippen molar-refractivity contribution < 1.29 is 19.1 Å². The average Bonchev–Trinajstić information content (AvgIpc) is 2.20. The topological polar surface area (TPSA) is 75.7 Å². The van der Waals surface area contributed by atoms with Gasteiger partial charge in [-0.1, -0.05) is 0 Å². The smallest absolute Gasteiger partial charge is 0.408 e. The number of rotatable bonds is 5. The van der Waals surface area contributed by atoms with E-state index in [1.807, 2.05) is 0 Å². The fourth-order valence-electron chi connectivity index (χ4n) is 1.14. The van der Waals surface area contributed by atoms with Crippen molar-refractivity contribution in [3.63, 3.8) is 0 Å². The molecule has 0 aromatic carbocycles. The van der Waals surface area contributed by atoms with Crippen molar-refractivity contribution >= 4 is 18.3 Å². The lowest BCUT2D eigenvalue weighted by Crippen LogP contribution is -2.40. The first kappa shape index (κ1) is 16.4. The lowest BCUT2D eigenvalue weighted by atomic mass is 10.1. The number of carbonyl (C=O) groups excluding carboxylic acids is 3. The van der Waals surface area contributed by atoms with Gasteiger partial charge >= 0.3 is 6.09 Å². The SMILES string of the molecule is CN(C)C(=O)CC[C@@H](C=O)NC(=O)OC(C)(C)C. The van der Waals surface area contributed by atoms with E-state index in [2.05, 4.69) is 5.32 Å². The van der Waals surface area contributed by atoms with Gasteiger partial charge in [-0.2, -0.15) is 0 Å². The van der Waals surface area contributed by atoms with Crippen LogP contribution in [0.2, 0.25) is 0 Å². The molecule has 6 nitrogen and oxygen atoms in total. The van der Waals surface area contributed by atoms with Gasteiger partial charge in [-0.05, 0) is 27.2 Å². The quantitative estimate of drug-likeness (QED) is 0.745. The van der Waals surface area contributed by atoms with Crippen LogP contribution in [0.3, 0.4) is 0 Å². The van der Waals surface area contributed by atoms with Crippen molar-refractivity contribution in [2.24, 2.45) is 0 Å². The number of ether oxygens (including phenoxy) is 1. The number of nitrogens with one attached hydrogen (secondary N) is 1. The Labute approximate surface area is 108 Å². The Hall–Kier alpha value is -1.59. The molecule has 18 heavy (non-hydrogen) atoms. The summed E-state index contributed by atoms with van der Waals surface area (Å²) < 4.78 is 5.02. The van der Waals surface area contributed by atoms with Crippen LogP contribution >= 0.6 is 0 Å². The average molecular weight is 258 g/mol. The summed E-state index contributed by atoms with van der Waals surface area (Å²) in [6.07, 6.45) is 0.413. The third-order valence-corrected chi connectivity index (χ3v) is 2.03. The van der Waals surface area contributed by atoms with Gasteiger partial charge in [0, 0.05) is 20.5 Å². The summed E-state index contributed by atoms with van der Waals surface area (Å²) in [5.41, 5.74) is -0.614. The highest BCUT2D eigenvalue weighted by Crippen LogP contribution is 2.07. The number of aldehydes is 1. The monoisotopic (exact) mass is 258 g/mol. The van der Waals surface area contributed by atoms with Gasteiger partial charge in [0.05, 0.1) is 6.04 Å². The molecule has 0 bridgehead atoms. The second kappa shape index (κ2) is 6.98. The van der Waals surface area contributed by atoms with E-state index in [4.69, 9.17) is 4.74 Å². The molecule has 0 heterocycles. The number of alkyl carbamates (subject to hydrolysis) is 1. The zero-order valence-corrected chi connectivity index (χ0v) is 11.6. The van der Waals surface area contributed by atoms with Crippen LogP contribution in [0.15, 0.2) is 0 Å². The third kappa shape index (κ3) is 7.65. The Kier molecular flexibility index (Phi) is 6.36. The van der Waals surface area contributed by atoms with Crippen LogP contribution in [0.4, 0.5) is 4.79 Å². The minimum absolute atomic E-state index is 0.0900. The molecule has 1 atom stereocenters. The molecule has 0 aliphatic rings. The van der Waals surface area contributed by atoms with Crippen LogP contribution in [0, 0.1) is 0 Å². The van der Waals surface area contributed by atoms with Crippen molar-refractivity contribution in [3.05, 3.63) is 0 Å². The van der Waals surface area contributed by atoms with E-state index in [-0.39, 0.29) is 18.7 Å². The lowest BCUT2D eigenvalue weighted by Gasteiger charge is -2.21. The summed E-state index contributed by atoms with van der Waals surface area (Å²) in [7, 11) is 3.28. The molecule has 0 saturated carbocycles. The lowest BCUT2D eigenvalue weighted by molar-refractivity contribution is -0.128. The largest absolute Gasteiger partial charge is 0.444 e. The summed E-state index contributed by atoms with van der Waals surface area (Å²) in [4.78, 5) is 35.0. The molecule has 104 valence electrons. The van der Waals surface area contributed by atoms with E-state index in [0.717, 1.165) is 0 Å². The minimum atomic E-state index is -0.705. The van der Waals surface area contributed by atoms with Crippen molar-refractivity contribution in [1.29, 1.82) is 0 Å². The minimum Gasteiger partial charge on any atom is -0.444 e. The highest BCUT2D eigenvalue weighted by Gasteiger charge is 2.19. The molecule has 0 fully saturated rings. The molecule has 0 saturated heterocycles. The van der Waals surface area contributed by atoms with Crippen LogP contribution in [-0.2, 0) is 14.3 Å². The molecular formula is C12H22N2O4. The Morgan fingerprint density at radius 3 is 2.28 bits per heavy atom. The van der Waals surface area contributed by atoms with E-state index in [0.29, 0.717) is 6.29 Å². The first-order valence-electron chi connectivity index (χ1n) is 5.80. The number of amides is 2. The molecule has 0 unspecified atom stereocenters. The van der Waals surface area contributed by atoms with Crippen LogP contribution < -0.4 is 5.32 Å². The summed E-state index contributed by atoms with van der Waals surface area (Å²) in [5, 5.41) is 2.42. The third-order valence-electron chi connectivity index (χ3n) is 2.03. The Balaban J connectivity index is 4.16. The molecule has 2 amide bonds. The molecular weight excluding hydrogens is 236 g/mol. The number of hydrogen-bond acceptors (Lipinski definition) is 4. The second-order valence-electron chi connectivity index (χ2n) is 5.22. The van der Waals surface area contributed by atoms with Gasteiger partial charge in [-0.25, -0.2) is 4.79 Å². The molecule has 0 aromatic rings. The molecule has 6 heteroatoms. The fourth-order valence-corrected chi connectivity index (χ4v) is 1.14. The fraction of sp³-hybridized carbons (Fsp3) is 0.750. The van der Waals surface area contributed by atoms with Gasteiger partial charge in [0.1, 0.15) is 11.9 Å². The van der Waals surface area contributed by atoms with E-state index >= 15 is 0 Å². The number of nitrogens with zero attached hydrogens (tertiary/aromatic N) is 1. The Morgan fingerprint density at radius 2 is 1.89 bits per heavy atom. The molecule has 0 radical (unpaired) electrons. The molecule has 1 N–H and O–H groups in total. The van der Waals surface area contributed by atoms with Gasteiger partial charge in [-0.15, -0.1) is 0 Å². The first-order valence-corrected chi connectivity index (χ1v) is 5.80. The van der Waals surface area contributed by atoms with E-state index in [9.17, 15) is 14.4 Å². The summed E-state index contributed by atoms with van der Waals surface area (Å²) in [6.45, 7) is 5.20. The van der Waals surface area contributed by atoms with E-state index in [1.54, 1.807) is 34.9 Å². The maximum atomic E-state index is 11.4. The van der Waals surface area contributed by atoms with Crippen LogP contribution in [0.5, 0.6) is 0 Å². The summed E-state index contributed by atoms with van der Waals surface area (Å²) in [5.74, 6) is -0.0900. The predicted octanol–water partition coefficient (Wildman–Crippen LogP) is 0.947. The Morgan fingerprint density at radius 1 is 1.33 bits per heavy atom. The molecule has 0 rings (SSSR count). The molecule has 0 aromatic heterocycles. The van der Waals surface area contributed by atoms with Crippen LogP contribution in [0.25, 0.3) is 0 Å². The second-order valence-corrected chi connectivity index (χ2v) is 5.22. The molecule has 0 aliphatic carbocycles. The standard InChI is InChI=1S/C12H22N2O4/c1-12(2,3)18-11(17)13-9(8-15)6-7-10(16)14(4)5/h8-9H,6-7H2,1-5H3,(H,13,17)/t9-/m0/s1. The van der Waals surface area contributed by atoms with Gasteiger partial charge in [0.15, 0.2) is 0 Å². The van der Waals surface area contributed by atoms with Crippen molar-refractivity contribution in [3.8, 4) is 0 Å². The molecule has 0 spiro atoms.